The van der Waals surface area contributed by atoms with Gasteiger partial charge in [0.1, 0.15) is 0 Å². The van der Waals surface area contributed by atoms with Crippen LogP contribution in [0, 0.1) is 11.8 Å². The molecule has 2 rings (SSSR count). The van der Waals surface area contributed by atoms with Crippen LogP contribution in [-0.2, 0) is 0 Å². The molecule has 3 unspecified atom stereocenters. The lowest BCUT2D eigenvalue weighted by molar-refractivity contribution is 0.463. The van der Waals surface area contributed by atoms with E-state index < -0.39 is 0 Å². The molecule has 0 aromatic carbocycles. The highest BCUT2D eigenvalue weighted by Crippen LogP contribution is 2.50. The van der Waals surface area contributed by atoms with Crippen molar-refractivity contribution in [1.29, 1.82) is 0 Å². The van der Waals surface area contributed by atoms with Crippen LogP contribution in [-0.4, -0.2) is 6.54 Å². The maximum Gasteiger partial charge on any atom is 0.0758 e. The van der Waals surface area contributed by atoms with Gasteiger partial charge in [0.05, 0.1) is 7.57 Å². The van der Waals surface area contributed by atoms with E-state index >= 15 is 0 Å². The highest BCUT2D eigenvalue weighted by Gasteiger charge is 2.40. The van der Waals surface area contributed by atoms with Gasteiger partial charge in [-0.2, -0.15) is 0 Å². The largest absolute Gasteiger partial charge is 0.310 e. The van der Waals surface area contributed by atoms with E-state index in [4.69, 9.17) is 0 Å². The van der Waals surface area contributed by atoms with Crippen LogP contribution in [0.25, 0.3) is 0 Å². The molecule has 0 bridgehead atoms. The van der Waals surface area contributed by atoms with Crippen LogP contribution >= 0.6 is 43.2 Å². The second kappa shape index (κ2) is 5.51. The van der Waals surface area contributed by atoms with Crippen molar-refractivity contribution < 1.29 is 0 Å². The van der Waals surface area contributed by atoms with Gasteiger partial charge in [-0.1, -0.05) is 13.8 Å². The first-order chi connectivity index (χ1) is 7.63. The molecule has 90 valence electrons. The van der Waals surface area contributed by atoms with Crippen molar-refractivity contribution in [2.45, 2.75) is 32.7 Å². The second-order valence-electron chi connectivity index (χ2n) is 4.59. The summed E-state index contributed by atoms with van der Waals surface area (Å²) in [7, 11) is 0. The first-order valence-corrected chi connectivity index (χ1v) is 8.21. The third-order valence-electron chi connectivity index (χ3n) is 3.23. The van der Waals surface area contributed by atoms with E-state index in [9.17, 15) is 0 Å². The predicted molar refractivity (Wildman–Crippen MR) is 78.0 cm³/mol. The average Bonchev–Trinajstić information content (AvgIpc) is 2.84. The first kappa shape index (κ1) is 13.1. The Morgan fingerprint density at radius 1 is 1.56 bits per heavy atom. The summed E-state index contributed by atoms with van der Waals surface area (Å²) < 4.78 is 2.48. The lowest BCUT2D eigenvalue weighted by atomic mass is 10.0. The Balaban J connectivity index is 2.14. The van der Waals surface area contributed by atoms with E-state index in [1.54, 1.807) is 11.3 Å². The lowest BCUT2D eigenvalue weighted by Gasteiger charge is -2.18. The standard InChI is InChI=1S/C12H17Br2NS/c1-3-4-15-11(8-5-7(8)2)9-6-10(13)16-12(9)14/h6-8,11,15H,3-5H2,1-2H3. The normalized spacial score (nSPS) is 25.8. The van der Waals surface area contributed by atoms with E-state index in [0.717, 1.165) is 18.4 Å². The molecule has 4 heteroatoms. The van der Waals surface area contributed by atoms with Gasteiger partial charge in [-0.15, -0.1) is 11.3 Å². The van der Waals surface area contributed by atoms with E-state index in [1.807, 2.05) is 0 Å². The molecule has 1 aliphatic rings. The van der Waals surface area contributed by atoms with Crippen LogP contribution in [0.1, 0.15) is 38.3 Å². The zero-order chi connectivity index (χ0) is 11.7. The number of hydrogen-bond donors (Lipinski definition) is 1. The van der Waals surface area contributed by atoms with Crippen molar-refractivity contribution in [1.82, 2.24) is 5.32 Å². The molecule has 3 atom stereocenters. The molecule has 1 N–H and O–H groups in total. The van der Waals surface area contributed by atoms with Gasteiger partial charge in [-0.3, -0.25) is 0 Å². The summed E-state index contributed by atoms with van der Waals surface area (Å²) in [5.41, 5.74) is 1.43. The Hall–Kier alpha value is 0.620. The molecule has 1 nitrogen and oxygen atoms in total. The van der Waals surface area contributed by atoms with Crippen LogP contribution in [0.15, 0.2) is 13.6 Å². The average molecular weight is 367 g/mol. The lowest BCUT2D eigenvalue weighted by Crippen LogP contribution is -2.24. The van der Waals surface area contributed by atoms with E-state index in [-0.39, 0.29) is 0 Å². The van der Waals surface area contributed by atoms with Crippen molar-refractivity contribution >= 4 is 43.2 Å². The summed E-state index contributed by atoms with van der Waals surface area (Å²) in [6.07, 6.45) is 2.56. The Morgan fingerprint density at radius 3 is 2.69 bits per heavy atom. The Bertz CT molecular complexity index is 364. The van der Waals surface area contributed by atoms with Gasteiger partial charge in [0, 0.05) is 6.04 Å². The van der Waals surface area contributed by atoms with Crippen LogP contribution in [0.3, 0.4) is 0 Å². The molecule has 1 aromatic rings. The quantitative estimate of drug-likeness (QED) is 0.775. The number of halogens is 2. The van der Waals surface area contributed by atoms with Gasteiger partial charge in [-0.05, 0) is 74.7 Å². The van der Waals surface area contributed by atoms with Gasteiger partial charge in [-0.25, -0.2) is 0 Å². The SMILES string of the molecule is CCCNC(c1cc(Br)sc1Br)C1CC1C. The van der Waals surface area contributed by atoms with E-state index in [0.29, 0.717) is 6.04 Å². The number of rotatable bonds is 5. The highest BCUT2D eigenvalue weighted by molar-refractivity contribution is 9.12. The Morgan fingerprint density at radius 2 is 2.25 bits per heavy atom. The third-order valence-corrected chi connectivity index (χ3v) is 5.62. The van der Waals surface area contributed by atoms with Crippen molar-refractivity contribution in [2.24, 2.45) is 11.8 Å². The van der Waals surface area contributed by atoms with Gasteiger partial charge >= 0.3 is 0 Å². The fourth-order valence-corrected chi connectivity index (χ4v) is 5.10. The molecular formula is C12H17Br2NS. The molecule has 0 radical (unpaired) electrons. The van der Waals surface area contributed by atoms with Crippen molar-refractivity contribution in [3.05, 3.63) is 19.2 Å². The molecule has 0 amide bonds. The zero-order valence-electron chi connectivity index (χ0n) is 9.59. The minimum Gasteiger partial charge on any atom is -0.310 e. The van der Waals surface area contributed by atoms with Crippen molar-refractivity contribution in [3.8, 4) is 0 Å². The van der Waals surface area contributed by atoms with E-state index in [1.165, 1.54) is 26.0 Å². The number of thiophene rings is 1. The second-order valence-corrected chi connectivity index (χ2v) is 8.34. The van der Waals surface area contributed by atoms with Crippen LogP contribution < -0.4 is 5.32 Å². The third kappa shape index (κ3) is 2.89. The van der Waals surface area contributed by atoms with Crippen LogP contribution in [0.2, 0.25) is 0 Å². The van der Waals surface area contributed by atoms with Crippen molar-refractivity contribution in [2.75, 3.05) is 6.54 Å². The molecule has 0 spiro atoms. The fourth-order valence-electron chi connectivity index (χ4n) is 2.17. The summed E-state index contributed by atoms with van der Waals surface area (Å²) in [6, 6.07) is 2.79. The molecular weight excluding hydrogens is 350 g/mol. The van der Waals surface area contributed by atoms with Crippen LogP contribution in [0.4, 0.5) is 0 Å². The maximum absolute atomic E-state index is 3.69. The number of nitrogens with one attached hydrogen (secondary N) is 1. The monoisotopic (exact) mass is 365 g/mol. The van der Waals surface area contributed by atoms with E-state index in [2.05, 4.69) is 57.1 Å². The fraction of sp³-hybridized carbons (Fsp3) is 0.667. The summed E-state index contributed by atoms with van der Waals surface area (Å²) in [5.74, 6) is 1.70. The molecule has 1 saturated carbocycles. The molecule has 1 aliphatic carbocycles. The highest BCUT2D eigenvalue weighted by atomic mass is 79.9. The molecule has 0 saturated heterocycles. The first-order valence-electron chi connectivity index (χ1n) is 5.81. The smallest absolute Gasteiger partial charge is 0.0758 e. The van der Waals surface area contributed by atoms with Gasteiger partial charge in [0.15, 0.2) is 0 Å². The van der Waals surface area contributed by atoms with Crippen molar-refractivity contribution in [3.63, 3.8) is 0 Å². The molecule has 16 heavy (non-hydrogen) atoms. The Labute approximate surface area is 118 Å². The topological polar surface area (TPSA) is 12.0 Å². The Kier molecular flexibility index (Phi) is 4.50. The summed E-state index contributed by atoms with van der Waals surface area (Å²) >= 11 is 9.01. The summed E-state index contributed by atoms with van der Waals surface area (Å²) in [5, 5.41) is 3.69. The number of hydrogen-bond acceptors (Lipinski definition) is 2. The molecule has 1 aromatic heterocycles. The summed E-state index contributed by atoms with van der Waals surface area (Å²) in [4.78, 5) is 0. The minimum absolute atomic E-state index is 0.534. The maximum atomic E-state index is 3.69. The molecule has 1 fully saturated rings. The van der Waals surface area contributed by atoms with Gasteiger partial charge in [0.2, 0.25) is 0 Å². The predicted octanol–water partition coefficient (Wildman–Crippen LogP) is 4.97. The molecule has 1 heterocycles. The van der Waals surface area contributed by atoms with Crippen LogP contribution in [0.5, 0.6) is 0 Å². The minimum atomic E-state index is 0.534. The van der Waals surface area contributed by atoms with Gasteiger partial charge < -0.3 is 5.32 Å². The zero-order valence-corrected chi connectivity index (χ0v) is 13.6. The summed E-state index contributed by atoms with van der Waals surface area (Å²) in [6.45, 7) is 5.67. The van der Waals surface area contributed by atoms with Gasteiger partial charge in [0.25, 0.3) is 0 Å². The molecule has 0 aliphatic heterocycles.